The molecule has 0 radical (unpaired) electrons. The van der Waals surface area contributed by atoms with Gasteiger partial charge in [0.15, 0.2) is 5.78 Å². The first kappa shape index (κ1) is 17.1. The Morgan fingerprint density at radius 2 is 2.04 bits per heavy atom. The highest BCUT2D eigenvalue weighted by Gasteiger charge is 2.58. The minimum absolute atomic E-state index is 0.127. The van der Waals surface area contributed by atoms with Crippen molar-refractivity contribution < 1.29 is 4.79 Å². The fourth-order valence-electron chi connectivity index (χ4n) is 7.15. The maximum Gasteiger partial charge on any atom is 0.159 e. The molecule has 6 atom stereocenters. The summed E-state index contributed by atoms with van der Waals surface area (Å²) < 4.78 is 0. The number of carbonyl (C=O) groups excluding carboxylic acids is 1. The average Bonchev–Trinajstić information content (AvgIpc) is 2.93. The summed E-state index contributed by atoms with van der Waals surface area (Å²) in [4.78, 5) is 11.9. The van der Waals surface area contributed by atoms with Crippen LogP contribution in [-0.4, -0.2) is 5.78 Å². The van der Waals surface area contributed by atoms with E-state index in [0.29, 0.717) is 11.8 Å². The van der Waals surface area contributed by atoms with Crippen LogP contribution in [0.3, 0.4) is 0 Å². The Hall–Kier alpha value is -1.37. The predicted molar refractivity (Wildman–Crippen MR) is 104 cm³/mol. The fraction of sp³-hybridized carbons (Fsp3) is 0.625. The monoisotopic (exact) mass is 336 g/mol. The molecule has 0 N–H and O–H groups in total. The highest BCUT2D eigenvalue weighted by Crippen LogP contribution is 2.66. The largest absolute Gasteiger partial charge is 0.295 e. The summed E-state index contributed by atoms with van der Waals surface area (Å²) in [7, 11) is 0. The lowest BCUT2D eigenvalue weighted by atomic mass is 9.48. The number of carbonyl (C=O) groups is 1. The summed E-state index contributed by atoms with van der Waals surface area (Å²) in [5.74, 6) is 3.33. The van der Waals surface area contributed by atoms with Crippen LogP contribution in [0.5, 0.6) is 0 Å². The summed E-state index contributed by atoms with van der Waals surface area (Å²) in [6.45, 7) is 11.2. The van der Waals surface area contributed by atoms with Crippen LogP contribution in [0, 0.1) is 34.5 Å². The Balaban J connectivity index is 1.67. The molecule has 1 heteroatoms. The van der Waals surface area contributed by atoms with Gasteiger partial charge in [-0.1, -0.05) is 55.9 Å². The number of rotatable bonds is 2. The molecule has 0 aromatic carbocycles. The van der Waals surface area contributed by atoms with Crippen LogP contribution in [-0.2, 0) is 4.79 Å². The first-order valence-corrected chi connectivity index (χ1v) is 10.1. The van der Waals surface area contributed by atoms with E-state index in [9.17, 15) is 4.79 Å². The van der Waals surface area contributed by atoms with E-state index in [0.717, 1.165) is 23.7 Å². The van der Waals surface area contributed by atoms with Crippen molar-refractivity contribution in [2.45, 2.75) is 59.3 Å². The van der Waals surface area contributed by atoms with E-state index in [1.807, 2.05) is 12.2 Å². The highest BCUT2D eigenvalue weighted by atomic mass is 16.1. The van der Waals surface area contributed by atoms with E-state index in [4.69, 9.17) is 0 Å². The zero-order chi connectivity index (χ0) is 17.8. The number of hydrogen-bond donors (Lipinski definition) is 0. The van der Waals surface area contributed by atoms with E-state index in [2.05, 4.69) is 45.6 Å². The van der Waals surface area contributed by atoms with Gasteiger partial charge in [-0.15, -0.1) is 0 Å². The molecule has 3 unspecified atom stereocenters. The molecule has 1 nitrogen and oxygen atoms in total. The number of ketones is 1. The van der Waals surface area contributed by atoms with Gasteiger partial charge in [0.05, 0.1) is 0 Å². The Bertz CT molecular complexity index is 693. The molecule has 25 heavy (non-hydrogen) atoms. The highest BCUT2D eigenvalue weighted by molar-refractivity contribution is 5.93. The minimum Gasteiger partial charge on any atom is -0.295 e. The van der Waals surface area contributed by atoms with Crippen molar-refractivity contribution in [3.63, 3.8) is 0 Å². The van der Waals surface area contributed by atoms with E-state index >= 15 is 0 Å². The Labute approximate surface area is 153 Å². The van der Waals surface area contributed by atoms with Crippen molar-refractivity contribution in [3.8, 4) is 0 Å². The fourth-order valence-corrected chi connectivity index (χ4v) is 7.15. The molecule has 4 aliphatic rings. The molecular formula is C24H32O. The van der Waals surface area contributed by atoms with E-state index < -0.39 is 0 Å². The Morgan fingerprint density at radius 1 is 1.24 bits per heavy atom. The van der Waals surface area contributed by atoms with Crippen LogP contribution >= 0.6 is 0 Å². The van der Waals surface area contributed by atoms with Gasteiger partial charge in [0, 0.05) is 11.8 Å². The van der Waals surface area contributed by atoms with Crippen molar-refractivity contribution in [1.82, 2.24) is 0 Å². The molecule has 4 aliphatic carbocycles. The maximum atomic E-state index is 11.9. The first-order chi connectivity index (χ1) is 11.9. The number of hydrogen-bond acceptors (Lipinski definition) is 1. The predicted octanol–water partition coefficient (Wildman–Crippen LogP) is 6.04. The van der Waals surface area contributed by atoms with Gasteiger partial charge in [-0.25, -0.2) is 0 Å². The topological polar surface area (TPSA) is 17.1 Å². The molecule has 2 saturated carbocycles. The van der Waals surface area contributed by atoms with Gasteiger partial charge >= 0.3 is 0 Å². The lowest BCUT2D eigenvalue weighted by Gasteiger charge is -2.56. The van der Waals surface area contributed by atoms with Crippen LogP contribution in [0.15, 0.2) is 48.1 Å². The quantitative estimate of drug-likeness (QED) is 0.443. The Kier molecular flexibility index (Phi) is 3.98. The molecule has 0 amide bonds. The van der Waals surface area contributed by atoms with Crippen molar-refractivity contribution in [2.24, 2.45) is 34.5 Å². The van der Waals surface area contributed by atoms with Crippen molar-refractivity contribution in [2.75, 3.05) is 0 Å². The minimum atomic E-state index is 0.127. The van der Waals surface area contributed by atoms with Crippen LogP contribution in [0.25, 0.3) is 0 Å². The van der Waals surface area contributed by atoms with Gasteiger partial charge in [0.1, 0.15) is 0 Å². The molecule has 0 aliphatic heterocycles. The second-order valence-electron chi connectivity index (χ2n) is 9.42. The molecule has 134 valence electrons. The summed E-state index contributed by atoms with van der Waals surface area (Å²) in [5.41, 5.74) is 3.50. The van der Waals surface area contributed by atoms with Crippen LogP contribution in [0.4, 0.5) is 0 Å². The summed E-state index contributed by atoms with van der Waals surface area (Å²) >= 11 is 0. The molecule has 4 rings (SSSR count). The summed E-state index contributed by atoms with van der Waals surface area (Å²) in [6, 6.07) is 0. The second-order valence-corrected chi connectivity index (χ2v) is 9.42. The molecule has 2 fully saturated rings. The molecule has 0 aromatic rings. The van der Waals surface area contributed by atoms with Gasteiger partial charge in [-0.05, 0) is 74.2 Å². The molecule has 0 aromatic heterocycles. The maximum absolute atomic E-state index is 11.9. The molecule has 0 saturated heterocycles. The van der Waals surface area contributed by atoms with E-state index in [1.54, 1.807) is 0 Å². The molecule has 0 heterocycles. The number of allylic oxidation sites excluding steroid dienone is 7. The van der Waals surface area contributed by atoms with E-state index in [-0.39, 0.29) is 11.2 Å². The van der Waals surface area contributed by atoms with Crippen molar-refractivity contribution in [1.29, 1.82) is 0 Å². The van der Waals surface area contributed by atoms with Crippen LogP contribution in [0.2, 0.25) is 0 Å². The van der Waals surface area contributed by atoms with Gasteiger partial charge in [0.25, 0.3) is 0 Å². The standard InChI is InChI=1S/C24H32O/c1-5-6-16(2)20-9-10-21-19-8-7-17-15-18(25)11-13-23(17,3)22(19)12-14-24(20,21)4/h5-7,11,13,19-22H,1,8-10,12,14-15H2,2-4H3/t19?,20-,21?,22?,23+,24-/m1/s1. The first-order valence-electron chi connectivity index (χ1n) is 10.1. The SMILES string of the molecule is C=CC=C(C)[C@H]1CCC2C3CC=C4CC(=O)C=C[C@]4(C)C3CC[C@@]21C. The number of fused-ring (bicyclic) bond motifs is 5. The molecule has 0 spiro atoms. The average molecular weight is 337 g/mol. The third kappa shape index (κ3) is 2.38. The molecular weight excluding hydrogens is 304 g/mol. The third-order valence-corrected chi connectivity index (χ3v) is 8.45. The van der Waals surface area contributed by atoms with Gasteiger partial charge in [-0.3, -0.25) is 4.79 Å². The van der Waals surface area contributed by atoms with Gasteiger partial charge in [0.2, 0.25) is 0 Å². The second kappa shape index (κ2) is 5.83. The van der Waals surface area contributed by atoms with Gasteiger partial charge in [-0.2, -0.15) is 0 Å². The lowest BCUT2D eigenvalue weighted by Crippen LogP contribution is -2.49. The van der Waals surface area contributed by atoms with Crippen molar-refractivity contribution >= 4 is 5.78 Å². The Morgan fingerprint density at radius 3 is 2.80 bits per heavy atom. The normalized spacial score (nSPS) is 46.1. The zero-order valence-electron chi connectivity index (χ0n) is 16.1. The molecule has 0 bridgehead atoms. The summed E-state index contributed by atoms with van der Waals surface area (Å²) in [5, 5.41) is 0. The lowest BCUT2D eigenvalue weighted by molar-refractivity contribution is -0.115. The van der Waals surface area contributed by atoms with Crippen LogP contribution in [0.1, 0.15) is 59.3 Å². The summed E-state index contributed by atoms with van der Waals surface area (Å²) in [6.07, 6.45) is 17.9. The van der Waals surface area contributed by atoms with Crippen molar-refractivity contribution in [3.05, 3.63) is 48.1 Å². The van der Waals surface area contributed by atoms with Gasteiger partial charge < -0.3 is 0 Å². The third-order valence-electron chi connectivity index (χ3n) is 8.45. The zero-order valence-corrected chi connectivity index (χ0v) is 16.1. The smallest absolute Gasteiger partial charge is 0.159 e. The van der Waals surface area contributed by atoms with Crippen LogP contribution < -0.4 is 0 Å². The van der Waals surface area contributed by atoms with E-state index in [1.165, 1.54) is 43.3 Å².